The number of rotatable bonds is 4. The first-order chi connectivity index (χ1) is 6.84. The second kappa shape index (κ2) is 4.52. The Labute approximate surface area is 82.8 Å². The molecule has 78 valence electrons. The number of ether oxygens (including phenoxy) is 1. The topological polar surface area (TPSA) is 60.2 Å². The molecule has 1 aromatic heterocycles. The third-order valence-electron chi connectivity index (χ3n) is 2.31. The van der Waals surface area contributed by atoms with E-state index in [1.807, 2.05) is 0 Å². The van der Waals surface area contributed by atoms with E-state index in [1.165, 1.54) is 6.42 Å². The van der Waals surface area contributed by atoms with Crippen molar-refractivity contribution in [2.24, 2.45) is 5.92 Å². The van der Waals surface area contributed by atoms with Crippen LogP contribution >= 0.6 is 0 Å². The lowest BCUT2D eigenvalue weighted by Gasteiger charge is -2.06. The van der Waals surface area contributed by atoms with Gasteiger partial charge in [-0.2, -0.15) is 0 Å². The maximum Gasteiger partial charge on any atom is 0.242 e. The van der Waals surface area contributed by atoms with Crippen LogP contribution in [0.5, 0.6) is 0 Å². The minimum atomic E-state index is 0.428. The van der Waals surface area contributed by atoms with Gasteiger partial charge in [-0.05, 0) is 18.9 Å². The van der Waals surface area contributed by atoms with Crippen LogP contribution in [-0.4, -0.2) is 29.9 Å². The van der Waals surface area contributed by atoms with Gasteiger partial charge in [0.2, 0.25) is 11.8 Å². The van der Waals surface area contributed by atoms with Crippen LogP contribution in [0.25, 0.3) is 0 Å². The molecular formula is C9H15N3O2. The molecule has 0 saturated carbocycles. The van der Waals surface area contributed by atoms with E-state index in [1.54, 1.807) is 6.92 Å². The smallest absolute Gasteiger partial charge is 0.242 e. The molecule has 2 heterocycles. The van der Waals surface area contributed by atoms with Crippen molar-refractivity contribution in [2.75, 3.05) is 19.7 Å². The van der Waals surface area contributed by atoms with Crippen molar-refractivity contribution < 1.29 is 9.15 Å². The zero-order valence-electron chi connectivity index (χ0n) is 8.32. The molecule has 1 saturated heterocycles. The molecule has 5 nitrogen and oxygen atoms in total. The standard InChI is InChI=1S/C9H15N3O2/c1-7-11-12-9(14-7)6-13-5-8-2-3-10-4-8/h8,10H,2-6H2,1H3. The Balaban J connectivity index is 1.67. The van der Waals surface area contributed by atoms with E-state index in [0.717, 1.165) is 19.7 Å². The Hall–Kier alpha value is -0.940. The van der Waals surface area contributed by atoms with Gasteiger partial charge in [-0.3, -0.25) is 0 Å². The van der Waals surface area contributed by atoms with Crippen LogP contribution in [0.3, 0.4) is 0 Å². The van der Waals surface area contributed by atoms with Crippen molar-refractivity contribution in [2.45, 2.75) is 20.0 Å². The van der Waals surface area contributed by atoms with Crippen LogP contribution < -0.4 is 5.32 Å². The van der Waals surface area contributed by atoms with Gasteiger partial charge in [-0.15, -0.1) is 10.2 Å². The highest BCUT2D eigenvalue weighted by atomic mass is 16.5. The Morgan fingerprint density at radius 2 is 2.50 bits per heavy atom. The van der Waals surface area contributed by atoms with Crippen molar-refractivity contribution in [1.82, 2.24) is 15.5 Å². The zero-order chi connectivity index (χ0) is 9.80. The van der Waals surface area contributed by atoms with Crippen molar-refractivity contribution in [3.63, 3.8) is 0 Å². The van der Waals surface area contributed by atoms with Gasteiger partial charge in [0, 0.05) is 13.5 Å². The lowest BCUT2D eigenvalue weighted by molar-refractivity contribution is 0.0769. The zero-order valence-corrected chi connectivity index (χ0v) is 8.32. The molecule has 1 aromatic rings. The molecule has 0 amide bonds. The first kappa shape index (κ1) is 9.61. The Morgan fingerprint density at radius 1 is 1.57 bits per heavy atom. The second-order valence-corrected chi connectivity index (χ2v) is 3.59. The highest BCUT2D eigenvalue weighted by Crippen LogP contribution is 2.09. The number of nitrogens with zero attached hydrogens (tertiary/aromatic N) is 2. The molecular weight excluding hydrogens is 182 g/mol. The summed E-state index contributed by atoms with van der Waals surface area (Å²) in [5, 5.41) is 10.9. The van der Waals surface area contributed by atoms with Gasteiger partial charge in [0.25, 0.3) is 0 Å². The maximum absolute atomic E-state index is 5.48. The molecule has 1 fully saturated rings. The predicted molar refractivity (Wildman–Crippen MR) is 49.7 cm³/mol. The van der Waals surface area contributed by atoms with E-state index in [2.05, 4.69) is 15.5 Å². The monoisotopic (exact) mass is 197 g/mol. The van der Waals surface area contributed by atoms with Gasteiger partial charge in [0.1, 0.15) is 6.61 Å². The minimum absolute atomic E-state index is 0.428. The van der Waals surface area contributed by atoms with Crippen LogP contribution in [0, 0.1) is 12.8 Å². The molecule has 1 aliphatic rings. The van der Waals surface area contributed by atoms with E-state index in [-0.39, 0.29) is 0 Å². The summed E-state index contributed by atoms with van der Waals surface area (Å²) in [5.74, 6) is 1.79. The number of nitrogens with one attached hydrogen (secondary N) is 1. The summed E-state index contributed by atoms with van der Waals surface area (Å²) in [6.07, 6.45) is 1.20. The normalized spacial score (nSPS) is 21.6. The lowest BCUT2D eigenvalue weighted by Crippen LogP contribution is -2.13. The number of hydrogen-bond donors (Lipinski definition) is 1. The molecule has 0 spiro atoms. The first-order valence-corrected chi connectivity index (χ1v) is 4.92. The van der Waals surface area contributed by atoms with Crippen LogP contribution in [0.1, 0.15) is 18.2 Å². The van der Waals surface area contributed by atoms with Gasteiger partial charge >= 0.3 is 0 Å². The average Bonchev–Trinajstić information content (AvgIpc) is 2.77. The highest BCUT2D eigenvalue weighted by Gasteiger charge is 2.14. The molecule has 2 rings (SSSR count). The van der Waals surface area contributed by atoms with E-state index in [4.69, 9.17) is 9.15 Å². The molecule has 5 heteroatoms. The Morgan fingerprint density at radius 3 is 3.14 bits per heavy atom. The fourth-order valence-electron chi connectivity index (χ4n) is 1.57. The first-order valence-electron chi connectivity index (χ1n) is 4.92. The second-order valence-electron chi connectivity index (χ2n) is 3.59. The van der Waals surface area contributed by atoms with Gasteiger partial charge in [0.15, 0.2) is 0 Å². The summed E-state index contributed by atoms with van der Waals surface area (Å²) in [6.45, 7) is 5.14. The number of aromatic nitrogens is 2. The Kier molecular flexibility index (Phi) is 3.10. The Bertz CT molecular complexity index is 281. The maximum atomic E-state index is 5.48. The molecule has 0 bridgehead atoms. The summed E-state index contributed by atoms with van der Waals surface area (Å²) in [4.78, 5) is 0. The number of hydrogen-bond acceptors (Lipinski definition) is 5. The number of aryl methyl sites for hydroxylation is 1. The average molecular weight is 197 g/mol. The summed E-state index contributed by atoms with van der Waals surface area (Å²) >= 11 is 0. The molecule has 14 heavy (non-hydrogen) atoms. The van der Waals surface area contributed by atoms with E-state index < -0.39 is 0 Å². The molecule has 1 unspecified atom stereocenters. The summed E-state index contributed by atoms with van der Waals surface area (Å²) in [6, 6.07) is 0. The molecule has 1 aliphatic heterocycles. The third kappa shape index (κ3) is 2.52. The molecule has 0 aromatic carbocycles. The van der Waals surface area contributed by atoms with Gasteiger partial charge < -0.3 is 14.5 Å². The molecule has 1 atom stereocenters. The van der Waals surface area contributed by atoms with Crippen molar-refractivity contribution in [3.8, 4) is 0 Å². The third-order valence-corrected chi connectivity index (χ3v) is 2.31. The van der Waals surface area contributed by atoms with Crippen LogP contribution in [-0.2, 0) is 11.3 Å². The van der Waals surface area contributed by atoms with E-state index in [9.17, 15) is 0 Å². The molecule has 1 N–H and O–H groups in total. The fraction of sp³-hybridized carbons (Fsp3) is 0.778. The minimum Gasteiger partial charge on any atom is -0.423 e. The van der Waals surface area contributed by atoms with Gasteiger partial charge in [-0.25, -0.2) is 0 Å². The summed E-state index contributed by atoms with van der Waals surface area (Å²) in [7, 11) is 0. The van der Waals surface area contributed by atoms with Crippen molar-refractivity contribution >= 4 is 0 Å². The highest BCUT2D eigenvalue weighted by molar-refractivity contribution is 4.76. The molecule has 0 aliphatic carbocycles. The van der Waals surface area contributed by atoms with E-state index in [0.29, 0.717) is 24.3 Å². The van der Waals surface area contributed by atoms with Crippen molar-refractivity contribution in [3.05, 3.63) is 11.8 Å². The predicted octanol–water partition coefficient (Wildman–Crippen LogP) is 0.504. The van der Waals surface area contributed by atoms with E-state index >= 15 is 0 Å². The van der Waals surface area contributed by atoms with Crippen LogP contribution in [0.2, 0.25) is 0 Å². The quantitative estimate of drug-likeness (QED) is 0.761. The van der Waals surface area contributed by atoms with Gasteiger partial charge in [0.05, 0.1) is 6.61 Å². The van der Waals surface area contributed by atoms with Gasteiger partial charge in [-0.1, -0.05) is 0 Å². The lowest BCUT2D eigenvalue weighted by atomic mass is 10.1. The largest absolute Gasteiger partial charge is 0.423 e. The van der Waals surface area contributed by atoms with Crippen LogP contribution in [0.4, 0.5) is 0 Å². The van der Waals surface area contributed by atoms with Crippen molar-refractivity contribution in [1.29, 1.82) is 0 Å². The fourth-order valence-corrected chi connectivity index (χ4v) is 1.57. The molecule has 0 radical (unpaired) electrons. The SMILES string of the molecule is Cc1nnc(COCC2CCNC2)o1. The van der Waals surface area contributed by atoms with Crippen LogP contribution in [0.15, 0.2) is 4.42 Å². The summed E-state index contributed by atoms with van der Waals surface area (Å²) in [5.41, 5.74) is 0. The summed E-state index contributed by atoms with van der Waals surface area (Å²) < 4.78 is 10.7.